The maximum Gasteiger partial charge on any atom is 0.0569 e. The van der Waals surface area contributed by atoms with E-state index in [2.05, 4.69) is 451 Å². The summed E-state index contributed by atoms with van der Waals surface area (Å²) < 4.78 is 17.1. The van der Waals surface area contributed by atoms with Crippen LogP contribution >= 0.6 is 47.8 Å². The van der Waals surface area contributed by atoms with Gasteiger partial charge in [0.25, 0.3) is 0 Å². The van der Waals surface area contributed by atoms with Crippen LogP contribution in [0.2, 0.25) is 0 Å². The van der Waals surface area contributed by atoms with Gasteiger partial charge in [0, 0.05) is 241 Å². The van der Waals surface area contributed by atoms with E-state index in [0.717, 1.165) is 13.4 Å². The van der Waals surface area contributed by atoms with Crippen LogP contribution in [0.1, 0.15) is 0 Å². The minimum absolute atomic E-state index is 0. The van der Waals surface area contributed by atoms with E-state index in [-0.39, 0.29) is 98.1 Å². The quantitative estimate of drug-likeness (QED) is 0.135. The normalized spacial score (nSPS) is 11.3. The maximum absolute atomic E-state index is 3.70. The number of aryl methyl sites for hydroxylation is 6. The number of halogens is 3. The predicted octanol–water partition coefficient (Wildman–Crippen LogP) is 28.6. The molecule has 0 aliphatic rings. The predicted molar refractivity (Wildman–Crippen MR) is 487 cm³/mol. The second-order valence-electron chi connectivity index (χ2n) is 28.7. The summed E-state index contributed by atoms with van der Waals surface area (Å²) in [6, 6.07) is 125. The first kappa shape index (κ1) is 78.9. The molecular weight excluding hydrogens is 1820 g/mol. The molecule has 0 spiro atoms. The molecule has 6 nitrogen and oxygen atoms in total. The van der Waals surface area contributed by atoms with Crippen molar-refractivity contribution in [2.24, 2.45) is 42.3 Å². The van der Waals surface area contributed by atoms with Gasteiger partial charge in [0.15, 0.2) is 0 Å². The summed E-state index contributed by atoms with van der Waals surface area (Å²) >= 11 is 10.9. The fourth-order valence-electron chi connectivity index (χ4n) is 17.5. The van der Waals surface area contributed by atoms with Crippen molar-refractivity contribution in [3.63, 3.8) is 0 Å². The van der Waals surface area contributed by atoms with Crippen LogP contribution in [0.15, 0.2) is 341 Å². The standard InChI is InChI=1S/3C17H12BrN.3C17H12N.3Y/c1-19-16-9-5-4-7-12(16)14-10-15(18)11-6-2-3-8-13(11)17(14)19;1-19-15-9-7-12(18)10-14(15)17-13-5-3-2-4-11(13)6-8-16(17)19;1-19-16-9-7-12(18)10-15(16)14-8-6-11-4-2-3-5-13(11)17(14)19;2*1-18-16-9-5-4-8-14(16)15-11-10-12-6-2-3-7-13(12)17(15)18;1-18-15-9-5-4-8-14(15)17-13-7-3-2-6-12(13)10-11-16(17)18;;;/h3*2-10H,1H3;2-3,5-11H,1H3;2-9,11H,1H3;2-3,5-11H,1H3;;;/q;;;3*-1;;;. The molecule has 6 aromatic heterocycles. The monoisotopic (exact) mass is 1880 g/mol. The molecule has 0 aliphatic carbocycles. The molecule has 6 heterocycles. The molecule has 0 fully saturated rings. The first-order valence-electron chi connectivity index (χ1n) is 37.3. The van der Waals surface area contributed by atoms with E-state index in [0.29, 0.717) is 0 Å². The Hall–Kier alpha value is -8.93. The van der Waals surface area contributed by atoms with Crippen LogP contribution in [0.3, 0.4) is 0 Å². The van der Waals surface area contributed by atoms with Gasteiger partial charge in [0.1, 0.15) is 0 Å². The second kappa shape index (κ2) is 33.0. The number of hydrogen-bond donors (Lipinski definition) is 0. The van der Waals surface area contributed by atoms with Crippen LogP contribution < -0.4 is 0 Å². The van der Waals surface area contributed by atoms with Crippen molar-refractivity contribution in [3.8, 4) is 0 Å². The summed E-state index contributed by atoms with van der Waals surface area (Å²) in [5, 5.41) is 31.1. The van der Waals surface area contributed by atoms with E-state index >= 15 is 0 Å². The number of rotatable bonds is 0. The first-order valence-corrected chi connectivity index (χ1v) is 39.7. The van der Waals surface area contributed by atoms with Crippen molar-refractivity contribution >= 4 is 243 Å². The van der Waals surface area contributed by atoms with E-state index in [9.17, 15) is 0 Å². The molecule has 0 atom stereocenters. The number of benzene rings is 18. The molecule has 18 aromatic carbocycles. The first-order chi connectivity index (χ1) is 54.4. The zero-order valence-corrected chi connectivity index (χ0v) is 77.0. The van der Waals surface area contributed by atoms with Crippen molar-refractivity contribution in [2.75, 3.05) is 0 Å². The smallest absolute Gasteiger partial charge is 0.0569 e. The van der Waals surface area contributed by atoms with Crippen LogP contribution in [0.5, 0.6) is 0 Å². The minimum atomic E-state index is 0. The Morgan fingerprint density at radius 3 is 1.11 bits per heavy atom. The zero-order chi connectivity index (χ0) is 75.3. The number of para-hydroxylation sites is 2. The van der Waals surface area contributed by atoms with E-state index in [1.165, 1.54) is 195 Å². The van der Waals surface area contributed by atoms with Crippen molar-refractivity contribution < 1.29 is 98.1 Å². The van der Waals surface area contributed by atoms with Gasteiger partial charge in [-0.1, -0.05) is 276 Å². The Morgan fingerprint density at radius 1 is 0.219 bits per heavy atom. The van der Waals surface area contributed by atoms with Crippen LogP contribution in [0, 0.1) is 18.2 Å². The van der Waals surface area contributed by atoms with Crippen LogP contribution in [-0.2, 0) is 140 Å². The SMILES string of the molecule is Cn1c2cc[c-]cc2c2c3ccccc3ccc21.Cn1c2cc[c-]cc2c2ccc3ccccc3c21.Cn1c2ccc(Br)cc2c2c3ccccc3ccc21.Cn1c2ccc(Br)cc2c2ccc3ccccc3c21.Cn1c2ccccc2c2c[c-]c3ccccc3c21.Cn1c2ccccc2c2cc(Br)c3ccccc3c21.[Y].[Y].[Y]. The Labute approximate surface area is 760 Å². The summed E-state index contributed by atoms with van der Waals surface area (Å²) in [5.41, 5.74) is 15.4. The van der Waals surface area contributed by atoms with Gasteiger partial charge < -0.3 is 27.4 Å². The van der Waals surface area contributed by atoms with Gasteiger partial charge in [-0.3, -0.25) is 0 Å². The molecule has 543 valence electrons. The average molecular weight is 1890 g/mol. The van der Waals surface area contributed by atoms with Crippen LogP contribution in [-0.4, -0.2) is 27.4 Å². The molecule has 12 heteroatoms. The number of nitrogens with zero attached hydrogens (tertiary/aromatic N) is 6. The molecule has 114 heavy (non-hydrogen) atoms. The fourth-order valence-corrected chi connectivity index (χ4v) is 18.8. The van der Waals surface area contributed by atoms with Crippen molar-refractivity contribution in [1.29, 1.82) is 0 Å². The Kier molecular flexibility index (Phi) is 22.8. The minimum Gasteiger partial charge on any atom is -0.367 e. The van der Waals surface area contributed by atoms with Gasteiger partial charge in [0.2, 0.25) is 0 Å². The molecule has 0 aliphatic heterocycles. The summed E-state index contributed by atoms with van der Waals surface area (Å²) in [7, 11) is 12.8. The molecule has 24 aromatic rings. The average Bonchev–Trinajstić information content (AvgIpc) is 1.87. The van der Waals surface area contributed by atoms with Crippen molar-refractivity contribution in [2.45, 2.75) is 0 Å². The van der Waals surface area contributed by atoms with E-state index in [1.54, 1.807) is 0 Å². The van der Waals surface area contributed by atoms with Crippen molar-refractivity contribution in [1.82, 2.24) is 27.4 Å². The van der Waals surface area contributed by atoms with Gasteiger partial charge in [-0.05, 0) is 126 Å². The van der Waals surface area contributed by atoms with E-state index in [4.69, 9.17) is 0 Å². The fraction of sp³-hybridized carbons (Fsp3) is 0.0588. The van der Waals surface area contributed by atoms with Crippen LogP contribution in [0.25, 0.3) is 195 Å². The molecule has 0 N–H and O–H groups in total. The summed E-state index contributed by atoms with van der Waals surface area (Å²) in [4.78, 5) is 0. The van der Waals surface area contributed by atoms with Gasteiger partial charge in [-0.15, -0.1) is 52.6 Å². The molecule has 0 amide bonds. The molecule has 0 bridgehead atoms. The van der Waals surface area contributed by atoms with Gasteiger partial charge in [-0.25, -0.2) is 0 Å². The van der Waals surface area contributed by atoms with Gasteiger partial charge in [0.05, 0.1) is 11.0 Å². The zero-order valence-electron chi connectivity index (χ0n) is 63.7. The van der Waals surface area contributed by atoms with E-state index < -0.39 is 0 Å². The van der Waals surface area contributed by atoms with Crippen LogP contribution in [0.4, 0.5) is 0 Å². The Bertz CT molecular complexity index is 7710. The molecule has 3 radical (unpaired) electrons. The summed E-state index contributed by atoms with van der Waals surface area (Å²) in [6.45, 7) is 0. The maximum atomic E-state index is 3.70. The summed E-state index contributed by atoms with van der Waals surface area (Å²) in [5.74, 6) is 0. The molecule has 0 saturated carbocycles. The van der Waals surface area contributed by atoms with Gasteiger partial charge in [-0.2, -0.15) is 36.4 Å². The summed E-state index contributed by atoms with van der Waals surface area (Å²) in [6.07, 6.45) is 0. The molecule has 0 unspecified atom stereocenters. The molecule has 0 saturated heterocycles. The van der Waals surface area contributed by atoms with Crippen molar-refractivity contribution in [3.05, 3.63) is 359 Å². The number of aromatic nitrogens is 6. The topological polar surface area (TPSA) is 29.6 Å². The largest absolute Gasteiger partial charge is 0.367 e. The number of hydrogen-bond acceptors (Lipinski definition) is 0. The third-order valence-corrected chi connectivity index (χ3v) is 24.4. The Morgan fingerprint density at radius 2 is 0.561 bits per heavy atom. The molecule has 24 rings (SSSR count). The second-order valence-corrected chi connectivity index (χ2v) is 31.4. The Balaban J connectivity index is 0.000000103. The molecular formula is C102H72Br3N6Y3-3. The van der Waals surface area contributed by atoms with E-state index in [1.807, 2.05) is 12.1 Å². The third-order valence-electron chi connectivity index (χ3n) is 22.7. The van der Waals surface area contributed by atoms with Gasteiger partial charge >= 0.3 is 0 Å². The third kappa shape index (κ3) is 13.7. The number of fused-ring (bicyclic) bond motifs is 30.